The van der Waals surface area contributed by atoms with Crippen molar-refractivity contribution in [1.29, 1.82) is 0 Å². The molecule has 0 radical (unpaired) electrons. The van der Waals surface area contributed by atoms with Crippen LogP contribution >= 0.6 is 0 Å². The molecule has 1 aromatic heterocycles. The first-order chi connectivity index (χ1) is 7.56. The zero-order valence-electron chi connectivity index (χ0n) is 9.19. The first kappa shape index (κ1) is 12.0. The Labute approximate surface area is 93.0 Å². The molecule has 0 atom stereocenters. The Hall–Kier alpha value is -2.09. The van der Waals surface area contributed by atoms with E-state index < -0.39 is 0 Å². The number of hydrazine groups is 1. The third-order valence-electron chi connectivity index (χ3n) is 1.93. The molecule has 1 amide bonds. The predicted octanol–water partition coefficient (Wildman–Crippen LogP) is -1.47. The number of hydrogen-bond donors (Lipinski definition) is 4. The van der Waals surface area contributed by atoms with E-state index >= 15 is 0 Å². The van der Waals surface area contributed by atoms with Gasteiger partial charge in [0.25, 0.3) is 0 Å². The molecule has 1 aromatic rings. The van der Waals surface area contributed by atoms with E-state index in [4.69, 9.17) is 11.6 Å². The fourth-order valence-electron chi connectivity index (χ4n) is 1.10. The van der Waals surface area contributed by atoms with Gasteiger partial charge in [0.15, 0.2) is 0 Å². The van der Waals surface area contributed by atoms with Crippen molar-refractivity contribution in [3.63, 3.8) is 0 Å². The summed E-state index contributed by atoms with van der Waals surface area (Å²) in [6.45, 7) is 0.178. The van der Waals surface area contributed by atoms with E-state index in [-0.39, 0.29) is 18.4 Å². The molecule has 0 aliphatic heterocycles. The van der Waals surface area contributed by atoms with Crippen molar-refractivity contribution in [2.75, 3.05) is 36.7 Å². The number of anilines is 3. The normalized spacial score (nSPS) is 9.69. The maximum atomic E-state index is 11.2. The lowest BCUT2D eigenvalue weighted by Gasteiger charge is -2.17. The second kappa shape index (κ2) is 5.12. The average molecular weight is 225 g/mol. The minimum atomic E-state index is -0.123. The smallest absolute Gasteiger partial charge is 0.239 e. The number of rotatable bonds is 4. The maximum Gasteiger partial charge on any atom is 0.239 e. The topological polar surface area (TPSA) is 122 Å². The van der Waals surface area contributed by atoms with Crippen LogP contribution < -0.4 is 27.2 Å². The standard InChI is InChI=1S/C8H15N7O/c1-11-7(16)4-15(2)6-3-5(14-10)12-8(9)13-6/h3H,4,10H2,1-2H3,(H,11,16)(H3,9,12,13,14). The molecule has 0 bridgehead atoms. The number of hydrogen-bond acceptors (Lipinski definition) is 7. The van der Waals surface area contributed by atoms with Crippen LogP contribution in [0.25, 0.3) is 0 Å². The molecule has 0 saturated heterocycles. The fraction of sp³-hybridized carbons (Fsp3) is 0.375. The summed E-state index contributed by atoms with van der Waals surface area (Å²) >= 11 is 0. The molecular formula is C8H15N7O. The molecule has 1 rings (SSSR count). The number of aromatic nitrogens is 2. The zero-order valence-corrected chi connectivity index (χ0v) is 9.19. The van der Waals surface area contributed by atoms with E-state index in [2.05, 4.69) is 20.7 Å². The molecule has 6 N–H and O–H groups in total. The molecule has 0 unspecified atom stereocenters. The monoisotopic (exact) mass is 225 g/mol. The molecule has 1 heterocycles. The van der Waals surface area contributed by atoms with Crippen molar-refractivity contribution in [3.8, 4) is 0 Å². The third-order valence-corrected chi connectivity index (χ3v) is 1.93. The van der Waals surface area contributed by atoms with Gasteiger partial charge in [0.1, 0.15) is 11.6 Å². The number of nitrogens with two attached hydrogens (primary N) is 2. The molecule has 0 fully saturated rings. The van der Waals surface area contributed by atoms with E-state index in [1.807, 2.05) is 0 Å². The summed E-state index contributed by atoms with van der Waals surface area (Å²) in [6.07, 6.45) is 0. The molecule has 0 saturated carbocycles. The summed E-state index contributed by atoms with van der Waals surface area (Å²) in [5.41, 5.74) is 7.86. The van der Waals surface area contributed by atoms with Gasteiger partial charge in [-0.05, 0) is 0 Å². The Kier molecular flexibility index (Phi) is 3.84. The molecule has 0 aromatic carbocycles. The zero-order chi connectivity index (χ0) is 12.1. The lowest BCUT2D eigenvalue weighted by molar-refractivity contribution is -0.119. The second-order valence-corrected chi connectivity index (χ2v) is 3.14. The van der Waals surface area contributed by atoms with Crippen molar-refractivity contribution in [3.05, 3.63) is 6.07 Å². The van der Waals surface area contributed by atoms with Crippen molar-refractivity contribution in [2.24, 2.45) is 5.84 Å². The minimum Gasteiger partial charge on any atom is -0.368 e. The van der Waals surface area contributed by atoms with Crippen molar-refractivity contribution in [1.82, 2.24) is 15.3 Å². The molecule has 88 valence electrons. The summed E-state index contributed by atoms with van der Waals surface area (Å²) < 4.78 is 0. The summed E-state index contributed by atoms with van der Waals surface area (Å²) in [4.78, 5) is 20.6. The number of amides is 1. The van der Waals surface area contributed by atoms with Crippen LogP contribution in [0.5, 0.6) is 0 Å². The summed E-state index contributed by atoms with van der Waals surface area (Å²) in [5, 5.41) is 2.51. The van der Waals surface area contributed by atoms with E-state index in [9.17, 15) is 4.79 Å². The van der Waals surface area contributed by atoms with E-state index in [0.717, 1.165) is 0 Å². The number of nitrogens with zero attached hydrogens (tertiary/aromatic N) is 3. The largest absolute Gasteiger partial charge is 0.368 e. The van der Waals surface area contributed by atoms with Gasteiger partial charge in [-0.15, -0.1) is 0 Å². The van der Waals surface area contributed by atoms with Crippen LogP contribution in [0.1, 0.15) is 0 Å². The number of nitrogen functional groups attached to an aromatic ring is 2. The fourth-order valence-corrected chi connectivity index (χ4v) is 1.10. The summed E-state index contributed by atoms with van der Waals surface area (Å²) in [7, 11) is 3.29. The lowest BCUT2D eigenvalue weighted by atomic mass is 10.4. The van der Waals surface area contributed by atoms with Crippen molar-refractivity contribution < 1.29 is 4.79 Å². The molecule has 8 heteroatoms. The second-order valence-electron chi connectivity index (χ2n) is 3.14. The van der Waals surface area contributed by atoms with Crippen molar-refractivity contribution >= 4 is 23.5 Å². The van der Waals surface area contributed by atoms with Gasteiger partial charge in [-0.1, -0.05) is 0 Å². The highest BCUT2D eigenvalue weighted by molar-refractivity contribution is 5.80. The van der Waals surface area contributed by atoms with Gasteiger partial charge in [0.2, 0.25) is 11.9 Å². The Bertz CT molecular complexity index is 381. The highest BCUT2D eigenvalue weighted by atomic mass is 16.1. The average Bonchev–Trinajstić information content (AvgIpc) is 2.27. The van der Waals surface area contributed by atoms with Gasteiger partial charge < -0.3 is 21.4 Å². The molecule has 0 aliphatic rings. The molecule has 0 spiro atoms. The van der Waals surface area contributed by atoms with Crippen LogP contribution in [-0.2, 0) is 4.79 Å². The molecule has 0 aliphatic carbocycles. The Balaban J connectivity index is 2.86. The van der Waals surface area contributed by atoms with E-state index in [1.165, 1.54) is 0 Å². The summed E-state index contributed by atoms with van der Waals surface area (Å²) in [5.74, 6) is 6.10. The van der Waals surface area contributed by atoms with Crippen LogP contribution in [0.3, 0.4) is 0 Å². The highest BCUT2D eigenvalue weighted by Crippen LogP contribution is 2.14. The maximum absolute atomic E-state index is 11.2. The molecule has 16 heavy (non-hydrogen) atoms. The number of likely N-dealkylation sites (N-methyl/N-ethyl adjacent to an activating group) is 2. The minimum absolute atomic E-state index is 0.0919. The number of nitrogens with one attached hydrogen (secondary N) is 2. The predicted molar refractivity (Wildman–Crippen MR) is 61.6 cm³/mol. The molecular weight excluding hydrogens is 210 g/mol. The third kappa shape index (κ3) is 2.95. The quantitative estimate of drug-likeness (QED) is 0.364. The molecule has 8 nitrogen and oxygen atoms in total. The van der Waals surface area contributed by atoms with Crippen LogP contribution in [0.4, 0.5) is 17.6 Å². The van der Waals surface area contributed by atoms with Crippen LogP contribution in [0.2, 0.25) is 0 Å². The summed E-state index contributed by atoms with van der Waals surface area (Å²) in [6, 6.07) is 1.60. The Morgan fingerprint density at radius 3 is 2.81 bits per heavy atom. The van der Waals surface area contributed by atoms with Gasteiger partial charge >= 0.3 is 0 Å². The van der Waals surface area contributed by atoms with Gasteiger partial charge in [-0.25, -0.2) is 5.84 Å². The van der Waals surface area contributed by atoms with Gasteiger partial charge in [-0.2, -0.15) is 9.97 Å². The van der Waals surface area contributed by atoms with Gasteiger partial charge in [0, 0.05) is 20.2 Å². The lowest BCUT2D eigenvalue weighted by Crippen LogP contribution is -2.33. The Morgan fingerprint density at radius 2 is 2.25 bits per heavy atom. The van der Waals surface area contributed by atoms with Crippen LogP contribution in [0, 0.1) is 0 Å². The van der Waals surface area contributed by atoms with Crippen LogP contribution in [0.15, 0.2) is 6.07 Å². The first-order valence-electron chi connectivity index (χ1n) is 4.59. The number of carbonyl (C=O) groups excluding carboxylic acids is 1. The van der Waals surface area contributed by atoms with Crippen molar-refractivity contribution in [2.45, 2.75) is 0 Å². The number of carbonyl (C=O) groups is 1. The first-order valence-corrected chi connectivity index (χ1v) is 4.59. The van der Waals surface area contributed by atoms with Gasteiger partial charge in [-0.3, -0.25) is 4.79 Å². The highest BCUT2D eigenvalue weighted by Gasteiger charge is 2.09. The van der Waals surface area contributed by atoms with E-state index in [1.54, 1.807) is 25.1 Å². The van der Waals surface area contributed by atoms with E-state index in [0.29, 0.717) is 11.6 Å². The Morgan fingerprint density at radius 1 is 1.56 bits per heavy atom. The SMILES string of the molecule is CNC(=O)CN(C)c1cc(NN)nc(N)n1. The van der Waals surface area contributed by atoms with Crippen LogP contribution in [-0.4, -0.2) is 36.5 Å². The van der Waals surface area contributed by atoms with Gasteiger partial charge in [0.05, 0.1) is 6.54 Å².